The van der Waals surface area contributed by atoms with Crippen molar-refractivity contribution >= 4 is 21.7 Å². The zero-order valence-corrected chi connectivity index (χ0v) is 23.2. The number of nitrogen functional groups attached to an aromatic ring is 1. The maximum Gasteiger partial charge on any atom is 0.281 e. The number of amides is 1. The molecule has 39 heavy (non-hydrogen) atoms. The molecule has 0 saturated heterocycles. The second-order valence-corrected chi connectivity index (χ2v) is 12.4. The van der Waals surface area contributed by atoms with Crippen molar-refractivity contribution in [2.24, 2.45) is 11.3 Å². The third kappa shape index (κ3) is 6.83. The minimum Gasteiger partial charge on any atom is -0.493 e. The van der Waals surface area contributed by atoms with Crippen LogP contribution in [-0.4, -0.2) is 37.0 Å². The van der Waals surface area contributed by atoms with Gasteiger partial charge in [-0.25, -0.2) is 19.1 Å². The SMILES string of the molecule is CC(C)COc1cc(F)cc(-c2ccc(C(=O)NS(=O)(=O)c3cccc(N)n3)c(OC3CCCC3(C)C)n2)c1. The van der Waals surface area contributed by atoms with E-state index in [9.17, 15) is 17.6 Å². The van der Waals surface area contributed by atoms with Crippen LogP contribution in [0.15, 0.2) is 53.6 Å². The summed E-state index contributed by atoms with van der Waals surface area (Å²) in [5.41, 5.74) is 6.11. The molecular formula is C28H33FN4O5S. The number of rotatable bonds is 9. The van der Waals surface area contributed by atoms with Gasteiger partial charge in [-0.15, -0.1) is 0 Å². The number of carbonyl (C=O) groups excluding carboxylic acids is 1. The van der Waals surface area contributed by atoms with Gasteiger partial charge in [0.05, 0.1) is 12.3 Å². The smallest absolute Gasteiger partial charge is 0.281 e. The van der Waals surface area contributed by atoms with Gasteiger partial charge in [-0.2, -0.15) is 8.42 Å². The van der Waals surface area contributed by atoms with E-state index in [4.69, 9.17) is 15.2 Å². The van der Waals surface area contributed by atoms with Gasteiger partial charge >= 0.3 is 0 Å². The number of benzene rings is 1. The maximum atomic E-state index is 14.5. The molecule has 0 aliphatic heterocycles. The molecule has 1 unspecified atom stereocenters. The normalized spacial score (nSPS) is 16.7. The van der Waals surface area contributed by atoms with Crippen molar-refractivity contribution in [3.05, 3.63) is 59.9 Å². The summed E-state index contributed by atoms with van der Waals surface area (Å²) in [5.74, 6) is -0.895. The summed E-state index contributed by atoms with van der Waals surface area (Å²) in [6.07, 6.45) is 2.36. The lowest BCUT2D eigenvalue weighted by atomic mass is 9.89. The summed E-state index contributed by atoms with van der Waals surface area (Å²) in [5, 5.41) is -0.395. The Hall–Kier alpha value is -3.73. The summed E-state index contributed by atoms with van der Waals surface area (Å²) < 4.78 is 54.1. The minimum absolute atomic E-state index is 0.00401. The number of sulfonamides is 1. The van der Waals surface area contributed by atoms with Crippen molar-refractivity contribution in [3.63, 3.8) is 0 Å². The van der Waals surface area contributed by atoms with Gasteiger partial charge in [0.15, 0.2) is 5.03 Å². The number of hydrogen-bond donors (Lipinski definition) is 2. The van der Waals surface area contributed by atoms with Gasteiger partial charge in [-0.1, -0.05) is 33.8 Å². The van der Waals surface area contributed by atoms with Crippen molar-refractivity contribution in [2.45, 2.75) is 58.1 Å². The Morgan fingerprint density at radius 3 is 2.62 bits per heavy atom. The van der Waals surface area contributed by atoms with Crippen LogP contribution in [0.5, 0.6) is 11.6 Å². The Balaban J connectivity index is 1.71. The third-order valence-electron chi connectivity index (χ3n) is 6.52. The van der Waals surface area contributed by atoms with E-state index in [0.717, 1.165) is 19.3 Å². The quantitative estimate of drug-likeness (QED) is 0.377. The van der Waals surface area contributed by atoms with Gasteiger partial charge in [0.1, 0.15) is 29.1 Å². The number of pyridine rings is 2. The molecule has 1 amide bonds. The first-order chi connectivity index (χ1) is 18.3. The number of halogens is 1. The van der Waals surface area contributed by atoms with Crippen LogP contribution in [0, 0.1) is 17.2 Å². The van der Waals surface area contributed by atoms with Gasteiger partial charge in [-0.3, -0.25) is 4.79 Å². The lowest BCUT2D eigenvalue weighted by molar-refractivity contribution is 0.0898. The number of anilines is 1. The minimum atomic E-state index is -4.32. The van der Waals surface area contributed by atoms with Crippen LogP contribution in [0.2, 0.25) is 0 Å². The number of nitrogens with two attached hydrogens (primary N) is 1. The molecule has 2 aromatic heterocycles. The number of nitrogens with one attached hydrogen (secondary N) is 1. The van der Waals surface area contributed by atoms with Crippen LogP contribution < -0.4 is 19.9 Å². The lowest BCUT2D eigenvalue weighted by Gasteiger charge is -2.28. The largest absolute Gasteiger partial charge is 0.493 e. The predicted octanol–water partition coefficient (Wildman–Crippen LogP) is 4.98. The average Bonchev–Trinajstić information content (AvgIpc) is 3.19. The maximum absolute atomic E-state index is 14.5. The summed E-state index contributed by atoms with van der Waals surface area (Å²) in [7, 11) is -4.32. The summed E-state index contributed by atoms with van der Waals surface area (Å²) in [6.45, 7) is 8.52. The second kappa shape index (κ2) is 11.2. The highest BCUT2D eigenvalue weighted by Gasteiger charge is 2.37. The number of carbonyl (C=O) groups is 1. The van der Waals surface area contributed by atoms with Crippen LogP contribution in [-0.2, 0) is 10.0 Å². The molecule has 1 fully saturated rings. The predicted molar refractivity (Wildman–Crippen MR) is 145 cm³/mol. The standard InChI is InChI=1S/C28H33FN4O5S/c1-17(2)16-37-20-14-18(13-19(29)15-20)22-11-10-21(27(31-22)38-23-7-6-12-28(23,3)4)26(34)33-39(35,36)25-9-5-8-24(30)32-25/h5,8-11,13-15,17,23H,6-7,12,16H2,1-4H3,(H2,30,32)(H,33,34). The monoisotopic (exact) mass is 556 g/mol. The van der Waals surface area contributed by atoms with Crippen molar-refractivity contribution in [2.75, 3.05) is 12.3 Å². The Morgan fingerprint density at radius 2 is 1.95 bits per heavy atom. The van der Waals surface area contributed by atoms with Crippen LogP contribution in [0.3, 0.4) is 0 Å². The van der Waals surface area contributed by atoms with E-state index in [-0.39, 0.29) is 34.7 Å². The van der Waals surface area contributed by atoms with Crippen molar-refractivity contribution in [1.29, 1.82) is 0 Å². The highest BCUT2D eigenvalue weighted by Crippen LogP contribution is 2.40. The van der Waals surface area contributed by atoms with Gasteiger partial charge in [0.2, 0.25) is 5.88 Å². The van der Waals surface area contributed by atoms with Gasteiger partial charge in [-0.05, 0) is 61.6 Å². The highest BCUT2D eigenvalue weighted by molar-refractivity contribution is 7.90. The van der Waals surface area contributed by atoms with Gasteiger partial charge in [0, 0.05) is 17.0 Å². The number of aromatic nitrogens is 2. The van der Waals surface area contributed by atoms with Crippen LogP contribution >= 0.6 is 0 Å². The average molecular weight is 557 g/mol. The van der Waals surface area contributed by atoms with E-state index >= 15 is 0 Å². The molecule has 208 valence electrons. The third-order valence-corrected chi connectivity index (χ3v) is 7.75. The van der Waals surface area contributed by atoms with Gasteiger partial charge in [0.25, 0.3) is 15.9 Å². The molecule has 0 spiro atoms. The molecule has 11 heteroatoms. The molecule has 1 saturated carbocycles. The van der Waals surface area contributed by atoms with Gasteiger partial charge < -0.3 is 15.2 Å². The molecule has 3 N–H and O–H groups in total. The molecule has 0 bridgehead atoms. The topological polar surface area (TPSA) is 134 Å². The van der Waals surface area contributed by atoms with E-state index in [1.54, 1.807) is 6.07 Å². The summed E-state index contributed by atoms with van der Waals surface area (Å²) in [6, 6.07) is 11.3. The molecule has 1 aliphatic carbocycles. The van der Waals surface area contributed by atoms with Crippen LogP contribution in [0.4, 0.5) is 10.2 Å². The number of hydrogen-bond acceptors (Lipinski definition) is 8. The summed E-state index contributed by atoms with van der Waals surface area (Å²) >= 11 is 0. The number of nitrogens with zero attached hydrogens (tertiary/aromatic N) is 2. The Morgan fingerprint density at radius 1 is 1.18 bits per heavy atom. The van der Waals surface area contributed by atoms with E-state index in [0.29, 0.717) is 23.6 Å². The first-order valence-electron chi connectivity index (χ1n) is 12.8. The molecule has 2 heterocycles. The Kier molecular flexibility index (Phi) is 8.10. The molecule has 4 rings (SSSR count). The van der Waals surface area contributed by atoms with E-state index in [1.165, 1.54) is 42.5 Å². The molecular weight excluding hydrogens is 523 g/mol. The highest BCUT2D eigenvalue weighted by atomic mass is 32.2. The van der Waals surface area contributed by atoms with Crippen molar-refractivity contribution in [3.8, 4) is 22.9 Å². The zero-order valence-electron chi connectivity index (χ0n) is 22.4. The van der Waals surface area contributed by atoms with Crippen molar-refractivity contribution < 1.29 is 27.1 Å². The Labute approximate surface area is 228 Å². The van der Waals surface area contributed by atoms with Crippen LogP contribution in [0.25, 0.3) is 11.3 Å². The molecule has 9 nitrogen and oxygen atoms in total. The van der Waals surface area contributed by atoms with E-state index in [2.05, 4.69) is 23.8 Å². The zero-order chi connectivity index (χ0) is 28.4. The lowest BCUT2D eigenvalue weighted by Crippen LogP contribution is -2.33. The van der Waals surface area contributed by atoms with E-state index in [1.807, 2.05) is 18.6 Å². The van der Waals surface area contributed by atoms with Crippen molar-refractivity contribution in [1.82, 2.24) is 14.7 Å². The van der Waals surface area contributed by atoms with Crippen LogP contribution in [0.1, 0.15) is 57.3 Å². The molecule has 1 aliphatic rings. The molecule has 0 radical (unpaired) electrons. The first kappa shape index (κ1) is 28.3. The fraction of sp³-hybridized carbons (Fsp3) is 0.393. The summed E-state index contributed by atoms with van der Waals surface area (Å²) in [4.78, 5) is 21.6. The number of ether oxygens (including phenoxy) is 2. The second-order valence-electron chi connectivity index (χ2n) is 10.8. The molecule has 1 atom stereocenters. The van der Waals surface area contributed by atoms with E-state index < -0.39 is 26.8 Å². The first-order valence-corrected chi connectivity index (χ1v) is 14.2. The molecule has 1 aromatic carbocycles. The molecule has 3 aromatic rings. The fourth-order valence-corrected chi connectivity index (χ4v) is 5.32. The Bertz CT molecular complexity index is 1480. The fourth-order valence-electron chi connectivity index (χ4n) is 4.38.